The summed E-state index contributed by atoms with van der Waals surface area (Å²) in [6, 6.07) is 18.7. The first kappa shape index (κ1) is 23.2. The second-order valence-electron chi connectivity index (χ2n) is 9.50. The van der Waals surface area contributed by atoms with Crippen molar-refractivity contribution in [3.63, 3.8) is 0 Å². The second kappa shape index (κ2) is 9.86. The van der Waals surface area contributed by atoms with Gasteiger partial charge in [-0.05, 0) is 70.0 Å². The summed E-state index contributed by atoms with van der Waals surface area (Å²) < 4.78 is 2.17. The van der Waals surface area contributed by atoms with E-state index in [0.29, 0.717) is 10.0 Å². The van der Waals surface area contributed by atoms with Gasteiger partial charge in [0.25, 0.3) is 0 Å². The van der Waals surface area contributed by atoms with Gasteiger partial charge in [0.1, 0.15) is 0 Å². The minimum absolute atomic E-state index is 0.0513. The third-order valence-corrected chi connectivity index (χ3v) is 6.75. The molecule has 1 aliphatic rings. The average molecular weight is 471 g/mol. The Bertz CT molecular complexity index is 1030. The van der Waals surface area contributed by atoms with Gasteiger partial charge in [-0.2, -0.15) is 5.10 Å². The van der Waals surface area contributed by atoms with Gasteiger partial charge in [-0.25, -0.2) is 0 Å². The zero-order valence-electron chi connectivity index (χ0n) is 19.2. The second-order valence-corrected chi connectivity index (χ2v) is 10.3. The highest BCUT2D eigenvalue weighted by Crippen LogP contribution is 2.28. The molecule has 1 fully saturated rings. The molecule has 32 heavy (non-hydrogen) atoms. The summed E-state index contributed by atoms with van der Waals surface area (Å²) in [5.41, 5.74) is 4.70. The molecule has 0 saturated carbocycles. The monoisotopic (exact) mass is 470 g/mol. The maximum Gasteiger partial charge on any atom is 0.0691 e. The molecule has 1 aliphatic heterocycles. The fourth-order valence-corrected chi connectivity index (χ4v) is 4.57. The predicted molar refractivity (Wildman–Crippen MR) is 136 cm³/mol. The van der Waals surface area contributed by atoms with Crippen LogP contribution in [0.4, 0.5) is 5.69 Å². The first-order valence-electron chi connectivity index (χ1n) is 11.4. The summed E-state index contributed by atoms with van der Waals surface area (Å²) in [5, 5.41) is 6.21. The topological polar surface area (TPSA) is 24.3 Å². The Morgan fingerprint density at radius 1 is 0.875 bits per heavy atom. The van der Waals surface area contributed by atoms with E-state index in [1.54, 1.807) is 0 Å². The van der Waals surface area contributed by atoms with Crippen molar-refractivity contribution in [3.8, 4) is 11.3 Å². The molecule has 3 aromatic rings. The summed E-state index contributed by atoms with van der Waals surface area (Å²) in [7, 11) is 0. The van der Waals surface area contributed by atoms with E-state index >= 15 is 0 Å². The van der Waals surface area contributed by atoms with Crippen LogP contribution in [0, 0.1) is 0 Å². The molecule has 1 aromatic heterocycles. The SMILES string of the molecule is CC(C)(C)n1nc(CCCN2CCN(c3ccc(Cl)c(Cl)c3)CC2)cc1-c1ccccc1. The molecule has 4 nitrogen and oxygen atoms in total. The van der Waals surface area contributed by atoms with Crippen molar-refractivity contribution >= 4 is 28.9 Å². The van der Waals surface area contributed by atoms with Crippen LogP contribution in [0.2, 0.25) is 10.0 Å². The zero-order chi connectivity index (χ0) is 22.7. The normalized spacial score (nSPS) is 15.3. The number of hydrogen-bond donors (Lipinski definition) is 0. The van der Waals surface area contributed by atoms with Gasteiger partial charge in [0, 0.05) is 31.9 Å². The number of halogens is 2. The Kier molecular flexibility index (Phi) is 7.14. The van der Waals surface area contributed by atoms with Crippen LogP contribution in [0.5, 0.6) is 0 Å². The van der Waals surface area contributed by atoms with Crippen LogP contribution in [-0.4, -0.2) is 47.4 Å². The molecule has 0 aliphatic carbocycles. The minimum atomic E-state index is -0.0513. The number of benzene rings is 2. The highest BCUT2D eigenvalue weighted by molar-refractivity contribution is 6.42. The molecule has 2 aromatic carbocycles. The van der Waals surface area contributed by atoms with E-state index in [1.165, 1.54) is 17.0 Å². The molecular weight excluding hydrogens is 439 g/mol. The molecule has 1 saturated heterocycles. The fraction of sp³-hybridized carbons (Fsp3) is 0.423. The van der Waals surface area contributed by atoms with E-state index in [1.807, 2.05) is 12.1 Å². The number of aromatic nitrogens is 2. The summed E-state index contributed by atoms with van der Waals surface area (Å²) in [6.45, 7) is 11.9. The number of aryl methyl sites for hydroxylation is 1. The third kappa shape index (κ3) is 5.48. The maximum atomic E-state index is 6.19. The smallest absolute Gasteiger partial charge is 0.0691 e. The largest absolute Gasteiger partial charge is 0.369 e. The number of hydrogen-bond acceptors (Lipinski definition) is 3. The zero-order valence-corrected chi connectivity index (χ0v) is 20.7. The maximum absolute atomic E-state index is 6.19. The molecular formula is C26H32Cl2N4. The van der Waals surface area contributed by atoms with E-state index in [0.717, 1.165) is 51.3 Å². The Hall–Kier alpha value is -2.01. The van der Waals surface area contributed by atoms with Gasteiger partial charge in [0.2, 0.25) is 0 Å². The molecule has 0 bridgehead atoms. The lowest BCUT2D eigenvalue weighted by molar-refractivity contribution is 0.254. The number of nitrogens with zero attached hydrogens (tertiary/aromatic N) is 4. The molecule has 0 atom stereocenters. The first-order chi connectivity index (χ1) is 15.3. The van der Waals surface area contributed by atoms with Crippen molar-refractivity contribution in [1.82, 2.24) is 14.7 Å². The molecule has 2 heterocycles. The van der Waals surface area contributed by atoms with Gasteiger partial charge in [-0.15, -0.1) is 0 Å². The molecule has 6 heteroatoms. The van der Waals surface area contributed by atoms with Gasteiger partial charge in [0.15, 0.2) is 0 Å². The van der Waals surface area contributed by atoms with Crippen molar-refractivity contribution in [2.45, 2.75) is 39.2 Å². The third-order valence-electron chi connectivity index (χ3n) is 6.01. The highest BCUT2D eigenvalue weighted by atomic mass is 35.5. The van der Waals surface area contributed by atoms with Crippen molar-refractivity contribution in [2.75, 3.05) is 37.6 Å². The lowest BCUT2D eigenvalue weighted by Gasteiger charge is -2.36. The minimum Gasteiger partial charge on any atom is -0.369 e. The lowest BCUT2D eigenvalue weighted by Crippen LogP contribution is -2.46. The highest BCUT2D eigenvalue weighted by Gasteiger charge is 2.21. The predicted octanol–water partition coefficient (Wildman–Crippen LogP) is 6.37. The molecule has 170 valence electrons. The van der Waals surface area contributed by atoms with Crippen molar-refractivity contribution < 1.29 is 0 Å². The van der Waals surface area contributed by atoms with Crippen molar-refractivity contribution in [3.05, 3.63) is 70.3 Å². The van der Waals surface area contributed by atoms with E-state index in [9.17, 15) is 0 Å². The Morgan fingerprint density at radius 2 is 1.59 bits per heavy atom. The fourth-order valence-electron chi connectivity index (χ4n) is 4.27. The number of piperazine rings is 1. The quantitative estimate of drug-likeness (QED) is 0.418. The standard InChI is InChI=1S/C26H32Cl2N4/c1-26(2,3)32-25(20-8-5-4-6-9-20)18-21(29-32)10-7-13-30-14-16-31(17-15-30)22-11-12-23(27)24(28)19-22/h4-6,8-9,11-12,18-19H,7,10,13-17H2,1-3H3. The average Bonchev–Trinajstić information content (AvgIpc) is 3.22. The van der Waals surface area contributed by atoms with Gasteiger partial charge < -0.3 is 4.90 Å². The van der Waals surface area contributed by atoms with E-state index in [2.05, 4.69) is 77.7 Å². The van der Waals surface area contributed by atoms with Crippen molar-refractivity contribution in [1.29, 1.82) is 0 Å². The molecule has 0 amide bonds. The van der Waals surface area contributed by atoms with Crippen LogP contribution in [0.15, 0.2) is 54.6 Å². The van der Waals surface area contributed by atoms with Crippen LogP contribution in [-0.2, 0) is 12.0 Å². The van der Waals surface area contributed by atoms with Crippen LogP contribution in [0.25, 0.3) is 11.3 Å². The number of rotatable bonds is 6. The van der Waals surface area contributed by atoms with Crippen molar-refractivity contribution in [2.24, 2.45) is 0 Å². The van der Waals surface area contributed by atoms with Gasteiger partial charge in [-0.3, -0.25) is 9.58 Å². The Morgan fingerprint density at radius 3 is 2.25 bits per heavy atom. The van der Waals surface area contributed by atoms with E-state index in [-0.39, 0.29) is 5.54 Å². The van der Waals surface area contributed by atoms with E-state index < -0.39 is 0 Å². The van der Waals surface area contributed by atoms with E-state index in [4.69, 9.17) is 28.3 Å². The van der Waals surface area contributed by atoms with Gasteiger partial charge in [0.05, 0.1) is 27.0 Å². The molecule has 0 radical (unpaired) electrons. The Balaban J connectivity index is 1.32. The summed E-state index contributed by atoms with van der Waals surface area (Å²) in [4.78, 5) is 4.93. The molecule has 0 N–H and O–H groups in total. The molecule has 0 spiro atoms. The van der Waals surface area contributed by atoms with Crippen LogP contribution < -0.4 is 4.90 Å². The molecule has 4 rings (SSSR count). The van der Waals surface area contributed by atoms with Crippen LogP contribution in [0.1, 0.15) is 32.9 Å². The number of anilines is 1. The summed E-state index contributed by atoms with van der Waals surface area (Å²) in [6.07, 6.45) is 2.11. The first-order valence-corrected chi connectivity index (χ1v) is 12.1. The van der Waals surface area contributed by atoms with Crippen LogP contribution in [0.3, 0.4) is 0 Å². The Labute approximate surface area is 201 Å². The molecule has 0 unspecified atom stereocenters. The summed E-state index contributed by atoms with van der Waals surface area (Å²) in [5.74, 6) is 0. The van der Waals surface area contributed by atoms with Crippen LogP contribution >= 0.6 is 23.2 Å². The van der Waals surface area contributed by atoms with Gasteiger partial charge in [-0.1, -0.05) is 53.5 Å². The van der Waals surface area contributed by atoms with Gasteiger partial charge >= 0.3 is 0 Å². The summed E-state index contributed by atoms with van der Waals surface area (Å²) >= 11 is 12.2. The lowest BCUT2D eigenvalue weighted by atomic mass is 10.1.